The molecule has 0 saturated carbocycles. The Labute approximate surface area is 81.1 Å². The van der Waals surface area contributed by atoms with Gasteiger partial charge in [-0.1, -0.05) is 0 Å². The van der Waals surface area contributed by atoms with E-state index in [9.17, 15) is 4.79 Å². The number of aromatic nitrogens is 2. The van der Waals surface area contributed by atoms with Crippen LogP contribution in [-0.2, 0) is 7.05 Å². The summed E-state index contributed by atoms with van der Waals surface area (Å²) in [5, 5.41) is 4.96. The van der Waals surface area contributed by atoms with E-state index in [1.807, 2.05) is 13.1 Å². The van der Waals surface area contributed by atoms with Gasteiger partial charge >= 0.3 is 0 Å². The summed E-state index contributed by atoms with van der Waals surface area (Å²) in [6.07, 6.45) is 2.48. The molecule has 0 aliphatic heterocycles. The molecule has 1 aromatic carbocycles. The van der Waals surface area contributed by atoms with Gasteiger partial charge in [-0.15, -0.1) is 0 Å². The molecule has 72 valence electrons. The lowest BCUT2D eigenvalue weighted by Gasteiger charge is -2.04. The molecule has 4 nitrogen and oxygen atoms in total. The summed E-state index contributed by atoms with van der Waals surface area (Å²) in [7, 11) is 3.40. The number of carbonyl (C=O) groups is 1. The van der Waals surface area contributed by atoms with Crippen molar-refractivity contribution in [3.63, 3.8) is 0 Å². The molecule has 0 unspecified atom stereocenters. The molecule has 0 spiro atoms. The van der Waals surface area contributed by atoms with Gasteiger partial charge in [0.05, 0.1) is 29.8 Å². The monoisotopic (exact) mass is 190 g/mol. The van der Waals surface area contributed by atoms with Gasteiger partial charge in [0.2, 0.25) is 0 Å². The van der Waals surface area contributed by atoms with Crippen LogP contribution in [0.2, 0.25) is 0 Å². The maximum Gasteiger partial charge on any atom is 0.153 e. The zero-order chi connectivity index (χ0) is 10.1. The van der Waals surface area contributed by atoms with Crippen molar-refractivity contribution in [1.29, 1.82) is 0 Å². The minimum Gasteiger partial charge on any atom is -0.495 e. The van der Waals surface area contributed by atoms with Gasteiger partial charge in [-0.05, 0) is 12.1 Å². The van der Waals surface area contributed by atoms with E-state index in [1.165, 1.54) is 0 Å². The number of hydrogen-bond donors (Lipinski definition) is 0. The minimum absolute atomic E-state index is 0.549. The highest BCUT2D eigenvalue weighted by atomic mass is 16.5. The number of ether oxygens (including phenoxy) is 1. The number of aldehydes is 1. The molecule has 0 bridgehead atoms. The molecule has 2 aromatic rings. The molecule has 0 N–H and O–H groups in total. The van der Waals surface area contributed by atoms with Crippen molar-refractivity contribution in [3.8, 4) is 5.75 Å². The highest BCUT2D eigenvalue weighted by molar-refractivity contribution is 5.94. The van der Waals surface area contributed by atoms with Crippen molar-refractivity contribution in [2.45, 2.75) is 0 Å². The molecule has 1 heterocycles. The number of hydrogen-bond acceptors (Lipinski definition) is 3. The lowest BCUT2D eigenvalue weighted by Crippen LogP contribution is -1.92. The number of methoxy groups -OCH3 is 1. The van der Waals surface area contributed by atoms with Gasteiger partial charge in [-0.2, -0.15) is 5.10 Å². The van der Waals surface area contributed by atoms with Crippen LogP contribution in [-0.4, -0.2) is 23.2 Å². The first-order valence-electron chi connectivity index (χ1n) is 4.22. The molecule has 2 rings (SSSR count). The second kappa shape index (κ2) is 3.14. The fourth-order valence-corrected chi connectivity index (χ4v) is 1.54. The van der Waals surface area contributed by atoms with E-state index in [0.717, 1.165) is 17.2 Å². The van der Waals surface area contributed by atoms with E-state index in [1.54, 1.807) is 24.1 Å². The average molecular weight is 190 g/mol. The molecule has 14 heavy (non-hydrogen) atoms. The summed E-state index contributed by atoms with van der Waals surface area (Å²) in [5.41, 5.74) is 1.50. The maximum atomic E-state index is 10.7. The number of benzene rings is 1. The van der Waals surface area contributed by atoms with Gasteiger partial charge in [0, 0.05) is 7.05 Å². The third-order valence-corrected chi connectivity index (χ3v) is 2.24. The zero-order valence-corrected chi connectivity index (χ0v) is 8.02. The van der Waals surface area contributed by atoms with Crippen LogP contribution in [0, 0.1) is 0 Å². The molecule has 0 aliphatic rings. The lowest BCUT2D eigenvalue weighted by molar-refractivity contribution is 0.112. The standard InChI is InChI=1S/C10H10N2O2/c1-12-9-4-3-7(6-13)10(14-2)8(9)5-11-12/h3-6H,1-2H3. The minimum atomic E-state index is 0.549. The van der Waals surface area contributed by atoms with Crippen LogP contribution in [0.15, 0.2) is 18.3 Å². The van der Waals surface area contributed by atoms with Crippen molar-refractivity contribution in [2.75, 3.05) is 7.11 Å². The van der Waals surface area contributed by atoms with E-state index < -0.39 is 0 Å². The summed E-state index contributed by atoms with van der Waals surface area (Å²) in [6, 6.07) is 3.59. The van der Waals surface area contributed by atoms with Crippen LogP contribution < -0.4 is 4.74 Å². The van der Waals surface area contributed by atoms with E-state index >= 15 is 0 Å². The number of nitrogens with zero attached hydrogens (tertiary/aromatic N) is 2. The van der Waals surface area contributed by atoms with Gasteiger partial charge < -0.3 is 4.74 Å². The molecule has 0 radical (unpaired) electrons. The smallest absolute Gasteiger partial charge is 0.153 e. The summed E-state index contributed by atoms with van der Waals surface area (Å²) < 4.78 is 6.92. The maximum absolute atomic E-state index is 10.7. The highest BCUT2D eigenvalue weighted by Gasteiger charge is 2.09. The number of fused-ring (bicyclic) bond motifs is 1. The number of carbonyl (C=O) groups excluding carboxylic acids is 1. The Balaban J connectivity index is 2.84. The molecule has 0 saturated heterocycles. The van der Waals surface area contributed by atoms with Crippen LogP contribution in [0.1, 0.15) is 10.4 Å². The van der Waals surface area contributed by atoms with Crippen LogP contribution in [0.25, 0.3) is 10.9 Å². The van der Waals surface area contributed by atoms with Gasteiger partial charge in [-0.25, -0.2) is 0 Å². The van der Waals surface area contributed by atoms with E-state index in [0.29, 0.717) is 11.3 Å². The fourth-order valence-electron chi connectivity index (χ4n) is 1.54. The van der Waals surface area contributed by atoms with Crippen molar-refractivity contribution < 1.29 is 9.53 Å². The van der Waals surface area contributed by atoms with Gasteiger partial charge in [-0.3, -0.25) is 9.48 Å². The van der Waals surface area contributed by atoms with Gasteiger partial charge in [0.25, 0.3) is 0 Å². The van der Waals surface area contributed by atoms with Crippen LogP contribution >= 0.6 is 0 Å². The third kappa shape index (κ3) is 1.08. The molecule has 0 atom stereocenters. The fraction of sp³-hybridized carbons (Fsp3) is 0.200. The average Bonchev–Trinajstić information content (AvgIpc) is 2.59. The van der Waals surface area contributed by atoms with Gasteiger partial charge in [0.15, 0.2) is 6.29 Å². The molecular formula is C10H10N2O2. The largest absolute Gasteiger partial charge is 0.495 e. The van der Waals surface area contributed by atoms with Crippen LogP contribution in [0.3, 0.4) is 0 Å². The Morgan fingerprint density at radius 3 is 2.93 bits per heavy atom. The second-order valence-corrected chi connectivity index (χ2v) is 3.01. The second-order valence-electron chi connectivity index (χ2n) is 3.01. The van der Waals surface area contributed by atoms with E-state index in [2.05, 4.69) is 5.10 Å². The molecular weight excluding hydrogens is 180 g/mol. The SMILES string of the molecule is COc1c(C=O)ccc2c1cnn2C. The van der Waals surface area contributed by atoms with Crippen molar-refractivity contribution in [3.05, 3.63) is 23.9 Å². The summed E-state index contributed by atoms with van der Waals surface area (Å²) in [4.78, 5) is 10.7. The van der Waals surface area contributed by atoms with E-state index in [4.69, 9.17) is 4.74 Å². The molecule has 0 amide bonds. The molecule has 0 fully saturated rings. The molecule has 4 heteroatoms. The first-order chi connectivity index (χ1) is 6.77. The quantitative estimate of drug-likeness (QED) is 0.672. The highest BCUT2D eigenvalue weighted by Crippen LogP contribution is 2.27. The summed E-state index contributed by atoms with van der Waals surface area (Å²) in [5.74, 6) is 0.589. The Hall–Kier alpha value is -1.84. The topological polar surface area (TPSA) is 44.1 Å². The lowest BCUT2D eigenvalue weighted by atomic mass is 10.1. The normalized spacial score (nSPS) is 10.4. The Morgan fingerprint density at radius 2 is 2.29 bits per heavy atom. The third-order valence-electron chi connectivity index (χ3n) is 2.24. The zero-order valence-electron chi connectivity index (χ0n) is 8.02. The predicted octanol–water partition coefficient (Wildman–Crippen LogP) is 1.39. The van der Waals surface area contributed by atoms with Crippen molar-refractivity contribution in [2.24, 2.45) is 7.05 Å². The van der Waals surface area contributed by atoms with Crippen molar-refractivity contribution >= 4 is 17.2 Å². The molecule has 0 aliphatic carbocycles. The van der Waals surface area contributed by atoms with Crippen LogP contribution in [0.4, 0.5) is 0 Å². The Morgan fingerprint density at radius 1 is 1.50 bits per heavy atom. The number of rotatable bonds is 2. The first kappa shape index (κ1) is 8.74. The summed E-state index contributed by atoms with van der Waals surface area (Å²) in [6.45, 7) is 0. The Bertz CT molecular complexity index is 488. The summed E-state index contributed by atoms with van der Waals surface area (Å²) >= 11 is 0. The van der Waals surface area contributed by atoms with Crippen LogP contribution in [0.5, 0.6) is 5.75 Å². The van der Waals surface area contributed by atoms with Crippen molar-refractivity contribution in [1.82, 2.24) is 9.78 Å². The molecule has 1 aromatic heterocycles. The van der Waals surface area contributed by atoms with Gasteiger partial charge in [0.1, 0.15) is 5.75 Å². The Kier molecular flexibility index (Phi) is 1.96. The predicted molar refractivity (Wildman–Crippen MR) is 52.7 cm³/mol. The number of aryl methyl sites for hydroxylation is 1. The first-order valence-corrected chi connectivity index (χ1v) is 4.22. The van der Waals surface area contributed by atoms with E-state index in [-0.39, 0.29) is 0 Å².